The molecule has 2 aromatic heterocycles. The number of rotatable bonds is 3. The fourth-order valence-electron chi connectivity index (χ4n) is 3.20. The van der Waals surface area contributed by atoms with E-state index in [0.29, 0.717) is 22.5 Å². The summed E-state index contributed by atoms with van der Waals surface area (Å²) in [6.45, 7) is 0. The third kappa shape index (κ3) is 2.92. The van der Waals surface area contributed by atoms with Crippen molar-refractivity contribution in [3.8, 4) is 5.75 Å². The SMILES string of the molecule is COc1cccc2c1nc(N)n1nc(Cc3ccccc3C(F)(F)F)cc21. The Hall–Kier alpha value is -3.29. The first kappa shape index (κ1) is 17.1. The van der Waals surface area contributed by atoms with Gasteiger partial charge >= 0.3 is 6.18 Å². The first-order valence-electron chi connectivity index (χ1n) is 8.14. The number of nitrogens with two attached hydrogens (primary N) is 1. The zero-order chi connectivity index (χ0) is 19.2. The van der Waals surface area contributed by atoms with Crippen LogP contribution in [-0.4, -0.2) is 21.7 Å². The van der Waals surface area contributed by atoms with E-state index >= 15 is 0 Å². The van der Waals surface area contributed by atoms with Gasteiger partial charge in [-0.2, -0.15) is 22.8 Å². The summed E-state index contributed by atoms with van der Waals surface area (Å²) in [5.41, 5.74) is 7.20. The number of hydrogen-bond donors (Lipinski definition) is 1. The summed E-state index contributed by atoms with van der Waals surface area (Å²) >= 11 is 0. The predicted molar refractivity (Wildman–Crippen MR) is 95.7 cm³/mol. The number of nitrogen functional groups attached to an aromatic ring is 1. The lowest BCUT2D eigenvalue weighted by molar-refractivity contribution is -0.138. The topological polar surface area (TPSA) is 65.4 Å². The van der Waals surface area contributed by atoms with Crippen LogP contribution < -0.4 is 10.5 Å². The smallest absolute Gasteiger partial charge is 0.416 e. The van der Waals surface area contributed by atoms with E-state index in [2.05, 4.69) is 10.1 Å². The number of aromatic nitrogens is 3. The second kappa shape index (κ2) is 6.15. The highest BCUT2D eigenvalue weighted by Crippen LogP contribution is 2.33. The first-order chi connectivity index (χ1) is 12.9. The lowest BCUT2D eigenvalue weighted by Crippen LogP contribution is -2.09. The largest absolute Gasteiger partial charge is 0.494 e. The molecule has 0 aliphatic heterocycles. The minimum absolute atomic E-state index is 0.0300. The monoisotopic (exact) mass is 372 g/mol. The number of benzene rings is 2. The van der Waals surface area contributed by atoms with Crippen molar-refractivity contribution in [3.63, 3.8) is 0 Å². The minimum atomic E-state index is -4.42. The normalized spacial score (nSPS) is 12.0. The fourth-order valence-corrected chi connectivity index (χ4v) is 3.20. The third-order valence-corrected chi connectivity index (χ3v) is 4.39. The van der Waals surface area contributed by atoms with Gasteiger partial charge in [-0.25, -0.2) is 4.98 Å². The number of nitrogens with zero attached hydrogens (tertiary/aromatic N) is 3. The summed E-state index contributed by atoms with van der Waals surface area (Å²) in [7, 11) is 1.53. The van der Waals surface area contributed by atoms with Gasteiger partial charge < -0.3 is 10.5 Å². The highest BCUT2D eigenvalue weighted by atomic mass is 19.4. The molecule has 0 amide bonds. The van der Waals surface area contributed by atoms with Crippen LogP contribution in [0.25, 0.3) is 16.4 Å². The lowest BCUT2D eigenvalue weighted by Gasteiger charge is -2.11. The molecule has 0 aliphatic carbocycles. The Morgan fingerprint density at radius 2 is 1.89 bits per heavy atom. The molecule has 0 fully saturated rings. The number of para-hydroxylation sites is 1. The summed E-state index contributed by atoms with van der Waals surface area (Å²) < 4.78 is 46.5. The average Bonchev–Trinajstić information content (AvgIpc) is 3.05. The number of hydrogen-bond acceptors (Lipinski definition) is 4. The Morgan fingerprint density at radius 3 is 2.63 bits per heavy atom. The van der Waals surface area contributed by atoms with Crippen LogP contribution in [-0.2, 0) is 12.6 Å². The van der Waals surface area contributed by atoms with E-state index in [1.54, 1.807) is 18.2 Å². The Balaban J connectivity index is 1.86. The van der Waals surface area contributed by atoms with Crippen LogP contribution in [0, 0.1) is 0 Å². The second-order valence-corrected chi connectivity index (χ2v) is 6.09. The zero-order valence-corrected chi connectivity index (χ0v) is 14.3. The molecule has 2 N–H and O–H groups in total. The number of ether oxygens (including phenoxy) is 1. The van der Waals surface area contributed by atoms with Crippen LogP contribution in [0.15, 0.2) is 48.5 Å². The van der Waals surface area contributed by atoms with Crippen LogP contribution in [0.4, 0.5) is 19.1 Å². The van der Waals surface area contributed by atoms with E-state index < -0.39 is 11.7 Å². The number of anilines is 1. The molecule has 0 unspecified atom stereocenters. The first-order valence-corrected chi connectivity index (χ1v) is 8.14. The number of halogens is 3. The minimum Gasteiger partial charge on any atom is -0.494 e. The molecule has 4 rings (SSSR count). The molecule has 5 nitrogen and oxygen atoms in total. The van der Waals surface area contributed by atoms with Crippen LogP contribution in [0.3, 0.4) is 0 Å². The van der Waals surface area contributed by atoms with E-state index in [-0.39, 0.29) is 17.9 Å². The maximum atomic E-state index is 13.2. The van der Waals surface area contributed by atoms with Crippen molar-refractivity contribution in [1.82, 2.24) is 14.6 Å². The van der Waals surface area contributed by atoms with Gasteiger partial charge in [-0.3, -0.25) is 0 Å². The Labute approximate surface area is 152 Å². The Kier molecular flexibility index (Phi) is 3.91. The third-order valence-electron chi connectivity index (χ3n) is 4.39. The van der Waals surface area contributed by atoms with Gasteiger partial charge in [0.25, 0.3) is 0 Å². The molecular formula is C19H15F3N4O. The van der Waals surface area contributed by atoms with Crippen molar-refractivity contribution in [1.29, 1.82) is 0 Å². The molecule has 0 aliphatic rings. The molecule has 0 saturated heterocycles. The van der Waals surface area contributed by atoms with E-state index in [1.807, 2.05) is 12.1 Å². The van der Waals surface area contributed by atoms with Crippen LogP contribution in [0.1, 0.15) is 16.8 Å². The summed E-state index contributed by atoms with van der Waals surface area (Å²) in [5.74, 6) is 0.698. The number of alkyl halides is 3. The quantitative estimate of drug-likeness (QED) is 0.588. The van der Waals surface area contributed by atoms with Gasteiger partial charge in [0.2, 0.25) is 5.95 Å². The van der Waals surface area contributed by atoms with Gasteiger partial charge in [0.05, 0.1) is 23.9 Å². The number of methoxy groups -OCH3 is 1. The maximum Gasteiger partial charge on any atom is 0.416 e. The van der Waals surface area contributed by atoms with Crippen molar-refractivity contribution in [3.05, 3.63) is 65.4 Å². The van der Waals surface area contributed by atoms with Crippen molar-refractivity contribution in [2.45, 2.75) is 12.6 Å². The van der Waals surface area contributed by atoms with E-state index in [0.717, 1.165) is 11.5 Å². The van der Waals surface area contributed by atoms with Gasteiger partial charge in [-0.05, 0) is 23.8 Å². The molecule has 2 heterocycles. The molecule has 27 heavy (non-hydrogen) atoms. The lowest BCUT2D eigenvalue weighted by atomic mass is 10.0. The molecule has 0 saturated carbocycles. The zero-order valence-electron chi connectivity index (χ0n) is 14.3. The number of fused-ring (bicyclic) bond motifs is 3. The van der Waals surface area contributed by atoms with Crippen molar-refractivity contribution in [2.75, 3.05) is 12.8 Å². The van der Waals surface area contributed by atoms with Gasteiger partial charge in [0, 0.05) is 11.8 Å². The second-order valence-electron chi connectivity index (χ2n) is 6.09. The predicted octanol–water partition coefficient (Wildman–Crippen LogP) is 4.08. The highest BCUT2D eigenvalue weighted by molar-refractivity contribution is 5.97. The molecule has 0 radical (unpaired) electrons. The van der Waals surface area contributed by atoms with Gasteiger partial charge in [0.1, 0.15) is 11.3 Å². The van der Waals surface area contributed by atoms with E-state index in [4.69, 9.17) is 10.5 Å². The molecule has 2 aromatic carbocycles. The van der Waals surface area contributed by atoms with Crippen LogP contribution in [0.5, 0.6) is 5.75 Å². The van der Waals surface area contributed by atoms with Crippen molar-refractivity contribution >= 4 is 22.4 Å². The molecular weight excluding hydrogens is 357 g/mol. The Bertz CT molecular complexity index is 1150. The highest BCUT2D eigenvalue weighted by Gasteiger charge is 2.33. The molecule has 8 heteroatoms. The standard InChI is InChI=1S/C19H15F3N4O/c1-27-16-8-4-6-13-15-10-12(25-26(15)18(23)24-17(13)16)9-11-5-2-3-7-14(11)19(20,21)22/h2-8,10H,9H2,1H3,(H2,23,24). The molecule has 138 valence electrons. The fraction of sp³-hybridized carbons (Fsp3) is 0.158. The summed E-state index contributed by atoms with van der Waals surface area (Å²) in [6.07, 6.45) is -4.39. The molecule has 0 spiro atoms. The van der Waals surface area contributed by atoms with Gasteiger partial charge in [0.15, 0.2) is 0 Å². The summed E-state index contributed by atoms with van der Waals surface area (Å²) in [6, 6.07) is 12.6. The van der Waals surface area contributed by atoms with E-state index in [1.165, 1.54) is 23.8 Å². The van der Waals surface area contributed by atoms with Crippen LogP contribution >= 0.6 is 0 Å². The van der Waals surface area contributed by atoms with Crippen molar-refractivity contribution in [2.24, 2.45) is 0 Å². The molecule has 0 atom stereocenters. The van der Waals surface area contributed by atoms with Crippen molar-refractivity contribution < 1.29 is 17.9 Å². The molecule has 0 bridgehead atoms. The average molecular weight is 372 g/mol. The Morgan fingerprint density at radius 1 is 1.11 bits per heavy atom. The summed E-state index contributed by atoms with van der Waals surface area (Å²) in [5, 5.41) is 5.11. The van der Waals surface area contributed by atoms with Gasteiger partial charge in [-0.1, -0.05) is 30.3 Å². The van der Waals surface area contributed by atoms with E-state index in [9.17, 15) is 13.2 Å². The molecule has 4 aromatic rings. The summed E-state index contributed by atoms with van der Waals surface area (Å²) in [4.78, 5) is 4.33. The maximum absolute atomic E-state index is 13.2. The van der Waals surface area contributed by atoms with Gasteiger partial charge in [-0.15, -0.1) is 0 Å². The van der Waals surface area contributed by atoms with Crippen LogP contribution in [0.2, 0.25) is 0 Å².